The normalized spacial score (nSPS) is 15.4. The zero-order valence-electron chi connectivity index (χ0n) is 22.0. The SMILES string of the molecule is Cc1nn(-c2ccccc2)c2nc(CC(C)C)nc(N3CCCN(Cc4ccc(C(F)(F)F)cc4)CC3)c12. The highest BCUT2D eigenvalue weighted by atomic mass is 19.4. The van der Waals surface area contributed by atoms with E-state index in [1.54, 1.807) is 12.1 Å². The third-order valence-electron chi connectivity index (χ3n) is 6.90. The Morgan fingerprint density at radius 3 is 2.32 bits per heavy atom. The third kappa shape index (κ3) is 5.67. The smallest absolute Gasteiger partial charge is 0.355 e. The Morgan fingerprint density at radius 2 is 1.63 bits per heavy atom. The maximum Gasteiger partial charge on any atom is 0.416 e. The highest BCUT2D eigenvalue weighted by molar-refractivity contribution is 5.91. The van der Waals surface area contributed by atoms with E-state index in [2.05, 4.69) is 23.6 Å². The van der Waals surface area contributed by atoms with Gasteiger partial charge in [-0.1, -0.05) is 44.2 Å². The van der Waals surface area contributed by atoms with Crippen LogP contribution in [0.25, 0.3) is 16.7 Å². The first kappa shape index (κ1) is 26.2. The summed E-state index contributed by atoms with van der Waals surface area (Å²) in [7, 11) is 0. The maximum atomic E-state index is 12.9. The molecule has 4 aromatic rings. The molecule has 1 aliphatic heterocycles. The van der Waals surface area contributed by atoms with Gasteiger partial charge in [0.05, 0.1) is 22.3 Å². The minimum atomic E-state index is -4.31. The van der Waals surface area contributed by atoms with Gasteiger partial charge in [-0.3, -0.25) is 4.90 Å². The van der Waals surface area contributed by atoms with Crippen molar-refractivity contribution >= 4 is 16.9 Å². The highest BCUT2D eigenvalue weighted by Crippen LogP contribution is 2.31. The summed E-state index contributed by atoms with van der Waals surface area (Å²) in [6, 6.07) is 15.5. The van der Waals surface area contributed by atoms with Crippen LogP contribution in [0.15, 0.2) is 54.6 Å². The van der Waals surface area contributed by atoms with E-state index >= 15 is 0 Å². The molecule has 0 bridgehead atoms. The fraction of sp³-hybridized carbons (Fsp3) is 0.414. The van der Waals surface area contributed by atoms with Gasteiger partial charge in [0.2, 0.25) is 0 Å². The number of aryl methyl sites for hydroxylation is 1. The molecule has 3 heterocycles. The number of alkyl halides is 3. The molecule has 0 saturated carbocycles. The Labute approximate surface area is 221 Å². The zero-order chi connectivity index (χ0) is 26.9. The molecule has 200 valence electrons. The van der Waals surface area contributed by atoms with Crippen molar-refractivity contribution in [3.63, 3.8) is 0 Å². The number of nitrogens with zero attached hydrogens (tertiary/aromatic N) is 6. The summed E-state index contributed by atoms with van der Waals surface area (Å²) < 4.78 is 40.7. The quantitative estimate of drug-likeness (QED) is 0.308. The van der Waals surface area contributed by atoms with Gasteiger partial charge in [-0.2, -0.15) is 18.3 Å². The molecule has 0 aliphatic carbocycles. The van der Waals surface area contributed by atoms with Gasteiger partial charge in [0.15, 0.2) is 5.65 Å². The molecule has 38 heavy (non-hydrogen) atoms. The van der Waals surface area contributed by atoms with Crippen molar-refractivity contribution in [3.05, 3.63) is 77.2 Å². The number of hydrogen-bond donors (Lipinski definition) is 0. The van der Waals surface area contributed by atoms with Crippen LogP contribution < -0.4 is 4.90 Å². The second-order valence-electron chi connectivity index (χ2n) is 10.4. The fourth-order valence-electron chi connectivity index (χ4n) is 5.04. The number of hydrogen-bond acceptors (Lipinski definition) is 5. The summed E-state index contributed by atoms with van der Waals surface area (Å²) in [5.41, 5.74) is 2.94. The van der Waals surface area contributed by atoms with Gasteiger partial charge in [0.25, 0.3) is 0 Å². The van der Waals surface area contributed by atoms with E-state index < -0.39 is 11.7 Å². The minimum Gasteiger partial charge on any atom is -0.355 e. The average Bonchev–Trinajstić information content (AvgIpc) is 3.04. The van der Waals surface area contributed by atoms with Crippen molar-refractivity contribution < 1.29 is 13.2 Å². The van der Waals surface area contributed by atoms with Crippen LogP contribution in [0.1, 0.15) is 42.9 Å². The maximum absolute atomic E-state index is 12.9. The van der Waals surface area contributed by atoms with E-state index in [0.29, 0.717) is 12.5 Å². The first-order valence-electron chi connectivity index (χ1n) is 13.1. The van der Waals surface area contributed by atoms with E-state index in [1.165, 1.54) is 12.1 Å². The predicted octanol–water partition coefficient (Wildman–Crippen LogP) is 6.05. The van der Waals surface area contributed by atoms with Gasteiger partial charge in [-0.15, -0.1) is 0 Å². The highest BCUT2D eigenvalue weighted by Gasteiger charge is 2.30. The molecule has 1 fully saturated rings. The van der Waals surface area contributed by atoms with E-state index in [0.717, 1.165) is 78.6 Å². The summed E-state index contributed by atoms with van der Waals surface area (Å²) in [4.78, 5) is 14.6. The molecule has 1 aliphatic rings. The van der Waals surface area contributed by atoms with Gasteiger partial charge in [-0.05, 0) is 49.1 Å². The number of rotatable bonds is 6. The Balaban J connectivity index is 1.42. The van der Waals surface area contributed by atoms with Crippen LogP contribution in [-0.4, -0.2) is 50.8 Å². The summed E-state index contributed by atoms with van der Waals surface area (Å²) >= 11 is 0. The lowest BCUT2D eigenvalue weighted by Gasteiger charge is -2.24. The molecule has 0 unspecified atom stereocenters. The van der Waals surface area contributed by atoms with E-state index in [9.17, 15) is 13.2 Å². The summed E-state index contributed by atoms with van der Waals surface area (Å²) in [5, 5.41) is 5.82. The van der Waals surface area contributed by atoms with E-state index in [1.807, 2.05) is 41.9 Å². The lowest BCUT2D eigenvalue weighted by molar-refractivity contribution is -0.137. The third-order valence-corrected chi connectivity index (χ3v) is 6.90. The number of halogens is 3. The Morgan fingerprint density at radius 1 is 0.895 bits per heavy atom. The van der Waals surface area contributed by atoms with Crippen LogP contribution >= 0.6 is 0 Å². The Bertz CT molecular complexity index is 1380. The van der Waals surface area contributed by atoms with Crippen molar-refractivity contribution in [2.45, 2.75) is 46.3 Å². The van der Waals surface area contributed by atoms with Crippen LogP contribution in [0.3, 0.4) is 0 Å². The molecular formula is C29H33F3N6. The second kappa shape index (κ2) is 10.7. The first-order valence-corrected chi connectivity index (χ1v) is 13.1. The number of fused-ring (bicyclic) bond motifs is 1. The van der Waals surface area contributed by atoms with Crippen molar-refractivity contribution in [2.24, 2.45) is 5.92 Å². The molecule has 2 aromatic carbocycles. The fourth-order valence-corrected chi connectivity index (χ4v) is 5.04. The molecule has 0 amide bonds. The van der Waals surface area contributed by atoms with Crippen molar-refractivity contribution in [3.8, 4) is 5.69 Å². The van der Waals surface area contributed by atoms with E-state index in [4.69, 9.17) is 15.1 Å². The van der Waals surface area contributed by atoms with Crippen molar-refractivity contribution in [1.82, 2.24) is 24.6 Å². The van der Waals surface area contributed by atoms with Crippen molar-refractivity contribution in [2.75, 3.05) is 31.1 Å². The van der Waals surface area contributed by atoms with Crippen LogP contribution in [0.5, 0.6) is 0 Å². The summed E-state index contributed by atoms with van der Waals surface area (Å²) in [6.07, 6.45) is -2.61. The Hall–Kier alpha value is -3.46. The van der Waals surface area contributed by atoms with Crippen LogP contribution in [-0.2, 0) is 19.1 Å². The number of anilines is 1. The summed E-state index contributed by atoms with van der Waals surface area (Å²) in [5.74, 6) is 2.14. The van der Waals surface area contributed by atoms with Crippen LogP contribution in [0.2, 0.25) is 0 Å². The molecule has 0 N–H and O–H groups in total. The molecule has 0 atom stereocenters. The Kier molecular flexibility index (Phi) is 7.38. The molecule has 6 nitrogen and oxygen atoms in total. The van der Waals surface area contributed by atoms with Gasteiger partial charge in [0, 0.05) is 39.1 Å². The molecule has 9 heteroatoms. The predicted molar refractivity (Wildman–Crippen MR) is 143 cm³/mol. The summed E-state index contributed by atoms with van der Waals surface area (Å²) in [6.45, 7) is 10.2. The molecule has 0 radical (unpaired) electrons. The van der Waals surface area contributed by atoms with Gasteiger partial charge in [0.1, 0.15) is 11.6 Å². The topological polar surface area (TPSA) is 50.1 Å². The second-order valence-corrected chi connectivity index (χ2v) is 10.4. The zero-order valence-corrected chi connectivity index (χ0v) is 22.0. The van der Waals surface area contributed by atoms with E-state index in [-0.39, 0.29) is 0 Å². The van der Waals surface area contributed by atoms with Gasteiger partial charge in [-0.25, -0.2) is 14.6 Å². The largest absolute Gasteiger partial charge is 0.416 e. The lowest BCUT2D eigenvalue weighted by atomic mass is 10.1. The average molecular weight is 523 g/mol. The lowest BCUT2D eigenvalue weighted by Crippen LogP contribution is -2.31. The molecule has 0 spiro atoms. The molecular weight excluding hydrogens is 489 g/mol. The standard InChI is InChI=1S/C29H33F3N6/c1-20(2)18-25-33-27(26-21(3)35-38(28(26)34-25)24-8-5-4-6-9-24)37-15-7-14-36(16-17-37)19-22-10-12-23(13-11-22)29(30,31)32/h4-6,8-13,20H,7,14-19H2,1-3H3. The molecule has 1 saturated heterocycles. The number of aromatic nitrogens is 4. The van der Waals surface area contributed by atoms with Crippen LogP contribution in [0.4, 0.5) is 19.0 Å². The first-order chi connectivity index (χ1) is 18.2. The number of para-hydroxylation sites is 1. The molecule has 5 rings (SSSR count). The van der Waals surface area contributed by atoms with Crippen LogP contribution in [0, 0.1) is 12.8 Å². The monoisotopic (exact) mass is 522 g/mol. The molecule has 2 aromatic heterocycles. The van der Waals surface area contributed by atoms with Gasteiger partial charge >= 0.3 is 6.18 Å². The van der Waals surface area contributed by atoms with Gasteiger partial charge < -0.3 is 4.90 Å². The number of benzene rings is 2. The minimum absolute atomic E-state index is 0.415. The van der Waals surface area contributed by atoms with Crippen molar-refractivity contribution in [1.29, 1.82) is 0 Å².